The molecule has 0 atom stereocenters. The van der Waals surface area contributed by atoms with Crippen molar-refractivity contribution in [3.05, 3.63) is 58.7 Å². The number of benzene rings is 2. The molecular weight excluding hydrogens is 280 g/mol. The van der Waals surface area contributed by atoms with E-state index in [2.05, 4.69) is 52.8 Å². The summed E-state index contributed by atoms with van der Waals surface area (Å²) >= 11 is 0. The van der Waals surface area contributed by atoms with Crippen LogP contribution in [0.15, 0.2) is 36.4 Å². The highest BCUT2D eigenvalue weighted by molar-refractivity contribution is 5.80. The zero-order valence-electron chi connectivity index (χ0n) is 14.9. The molecule has 1 heteroatoms. The molecule has 3 rings (SSSR count). The zero-order chi connectivity index (χ0) is 16.8. The van der Waals surface area contributed by atoms with E-state index >= 15 is 0 Å². The highest BCUT2D eigenvalue weighted by Gasteiger charge is 2.38. The van der Waals surface area contributed by atoms with E-state index in [0.717, 1.165) is 17.4 Å². The van der Waals surface area contributed by atoms with Crippen LogP contribution in [0.25, 0.3) is 11.1 Å². The third-order valence-corrected chi connectivity index (χ3v) is 5.40. The number of rotatable bonds is 2. The zero-order valence-corrected chi connectivity index (χ0v) is 14.9. The van der Waals surface area contributed by atoms with E-state index in [-0.39, 0.29) is 10.8 Å². The Bertz CT molecular complexity index is 766. The molecule has 1 aliphatic carbocycles. The first-order valence-electron chi connectivity index (χ1n) is 8.46. The van der Waals surface area contributed by atoms with Gasteiger partial charge < -0.3 is 0 Å². The molecule has 0 aromatic heterocycles. The van der Waals surface area contributed by atoms with Crippen molar-refractivity contribution < 1.29 is 4.79 Å². The first kappa shape index (κ1) is 16.0. The molecule has 2 aromatic rings. The maximum atomic E-state index is 11.2. The van der Waals surface area contributed by atoms with E-state index in [1.165, 1.54) is 35.1 Å². The Balaban J connectivity index is 2.34. The van der Waals surface area contributed by atoms with Crippen molar-refractivity contribution in [1.29, 1.82) is 0 Å². The molecule has 0 N–H and O–H groups in total. The number of hydrogen-bond acceptors (Lipinski definition) is 1. The lowest BCUT2D eigenvalue weighted by Gasteiger charge is -2.43. The number of carbonyl (C=O) groups excluding carboxylic acids is 1. The number of aryl methyl sites for hydroxylation is 1. The summed E-state index contributed by atoms with van der Waals surface area (Å²) in [5.74, 6) is 0. The molecule has 120 valence electrons. The summed E-state index contributed by atoms with van der Waals surface area (Å²) in [5, 5.41) is 0. The summed E-state index contributed by atoms with van der Waals surface area (Å²) in [6, 6.07) is 12.6. The van der Waals surface area contributed by atoms with Gasteiger partial charge in [-0.2, -0.15) is 0 Å². The average molecular weight is 306 g/mol. The van der Waals surface area contributed by atoms with Gasteiger partial charge in [0.2, 0.25) is 0 Å². The van der Waals surface area contributed by atoms with Gasteiger partial charge in [0, 0.05) is 5.56 Å². The second-order valence-corrected chi connectivity index (χ2v) is 8.25. The molecule has 0 fully saturated rings. The normalized spacial score (nSPS) is 18.3. The topological polar surface area (TPSA) is 17.1 Å². The second kappa shape index (κ2) is 5.33. The summed E-state index contributed by atoms with van der Waals surface area (Å²) in [4.78, 5) is 11.2. The van der Waals surface area contributed by atoms with Gasteiger partial charge >= 0.3 is 0 Å². The Morgan fingerprint density at radius 3 is 2.35 bits per heavy atom. The molecular formula is C22H26O. The van der Waals surface area contributed by atoms with Crippen molar-refractivity contribution in [2.24, 2.45) is 0 Å². The van der Waals surface area contributed by atoms with Gasteiger partial charge in [0.05, 0.1) is 0 Å². The Morgan fingerprint density at radius 1 is 0.957 bits per heavy atom. The lowest BCUT2D eigenvalue weighted by atomic mass is 9.61. The number of carbonyl (C=O) groups is 1. The van der Waals surface area contributed by atoms with Crippen molar-refractivity contribution in [3.63, 3.8) is 0 Å². The van der Waals surface area contributed by atoms with Crippen LogP contribution in [-0.4, -0.2) is 6.29 Å². The lowest BCUT2D eigenvalue weighted by molar-refractivity contribution is 0.112. The molecule has 23 heavy (non-hydrogen) atoms. The molecule has 1 nitrogen and oxygen atoms in total. The average Bonchev–Trinajstić information content (AvgIpc) is 2.51. The Labute approximate surface area is 139 Å². The van der Waals surface area contributed by atoms with Crippen molar-refractivity contribution >= 4 is 6.29 Å². The molecule has 0 unspecified atom stereocenters. The van der Waals surface area contributed by atoms with E-state index in [0.29, 0.717) is 0 Å². The van der Waals surface area contributed by atoms with Crippen molar-refractivity contribution in [1.82, 2.24) is 0 Å². The highest BCUT2D eigenvalue weighted by Crippen LogP contribution is 2.49. The van der Waals surface area contributed by atoms with E-state index in [4.69, 9.17) is 0 Å². The maximum absolute atomic E-state index is 11.2. The van der Waals surface area contributed by atoms with Gasteiger partial charge in [-0.05, 0) is 58.9 Å². The van der Waals surface area contributed by atoms with Crippen LogP contribution in [0.3, 0.4) is 0 Å². The van der Waals surface area contributed by atoms with Gasteiger partial charge in [-0.15, -0.1) is 0 Å². The van der Waals surface area contributed by atoms with Gasteiger partial charge in [-0.3, -0.25) is 4.79 Å². The van der Waals surface area contributed by atoms with E-state index in [9.17, 15) is 4.79 Å². The summed E-state index contributed by atoms with van der Waals surface area (Å²) < 4.78 is 0. The van der Waals surface area contributed by atoms with Gasteiger partial charge in [-0.25, -0.2) is 0 Å². The molecule has 0 radical (unpaired) electrons. The number of aldehydes is 1. The Hall–Kier alpha value is -1.89. The summed E-state index contributed by atoms with van der Waals surface area (Å²) in [6.07, 6.45) is 3.33. The van der Waals surface area contributed by atoms with Crippen LogP contribution in [0.1, 0.15) is 67.6 Å². The van der Waals surface area contributed by atoms with Crippen molar-refractivity contribution in [3.8, 4) is 11.1 Å². The first-order valence-corrected chi connectivity index (χ1v) is 8.46. The Kier molecular flexibility index (Phi) is 3.71. The SMILES string of the molecule is Cc1cc(-c2cccc(C=O)c2)c2c(c1)C(C)(C)CCC2(C)C. The van der Waals surface area contributed by atoms with E-state index in [1.807, 2.05) is 18.2 Å². The predicted molar refractivity (Wildman–Crippen MR) is 97.3 cm³/mol. The van der Waals surface area contributed by atoms with Crippen LogP contribution < -0.4 is 0 Å². The molecule has 0 heterocycles. The third kappa shape index (κ3) is 2.73. The minimum atomic E-state index is 0.158. The molecule has 0 aliphatic heterocycles. The third-order valence-electron chi connectivity index (χ3n) is 5.40. The van der Waals surface area contributed by atoms with Crippen molar-refractivity contribution in [2.75, 3.05) is 0 Å². The van der Waals surface area contributed by atoms with Gasteiger partial charge in [0.25, 0.3) is 0 Å². The number of hydrogen-bond donors (Lipinski definition) is 0. The molecule has 0 saturated carbocycles. The second-order valence-electron chi connectivity index (χ2n) is 8.25. The monoisotopic (exact) mass is 306 g/mol. The maximum Gasteiger partial charge on any atom is 0.150 e. The quantitative estimate of drug-likeness (QED) is 0.639. The number of fused-ring (bicyclic) bond motifs is 1. The minimum Gasteiger partial charge on any atom is -0.298 e. The molecule has 2 aromatic carbocycles. The van der Waals surface area contributed by atoms with Crippen LogP contribution in [0, 0.1) is 6.92 Å². The van der Waals surface area contributed by atoms with Crippen LogP contribution >= 0.6 is 0 Å². The predicted octanol–water partition coefficient (Wildman–Crippen LogP) is 5.82. The van der Waals surface area contributed by atoms with Crippen LogP contribution in [0.2, 0.25) is 0 Å². The standard InChI is InChI=1S/C22H26O/c1-15-11-18(17-8-6-7-16(13-17)14-23)20-19(12-15)21(2,3)9-10-22(20,4)5/h6-8,11-14H,9-10H2,1-5H3. The molecule has 1 aliphatic rings. The summed E-state index contributed by atoms with van der Waals surface area (Å²) in [7, 11) is 0. The van der Waals surface area contributed by atoms with Gasteiger partial charge in [-0.1, -0.05) is 63.6 Å². The van der Waals surface area contributed by atoms with Crippen LogP contribution in [0.4, 0.5) is 0 Å². The minimum absolute atomic E-state index is 0.158. The summed E-state index contributed by atoms with van der Waals surface area (Å²) in [5.41, 5.74) is 7.77. The van der Waals surface area contributed by atoms with Crippen LogP contribution in [-0.2, 0) is 10.8 Å². The molecule has 0 amide bonds. The highest BCUT2D eigenvalue weighted by atomic mass is 16.1. The van der Waals surface area contributed by atoms with Crippen LogP contribution in [0.5, 0.6) is 0 Å². The van der Waals surface area contributed by atoms with E-state index < -0.39 is 0 Å². The van der Waals surface area contributed by atoms with E-state index in [1.54, 1.807) is 0 Å². The van der Waals surface area contributed by atoms with Gasteiger partial charge in [0.15, 0.2) is 0 Å². The smallest absolute Gasteiger partial charge is 0.150 e. The van der Waals surface area contributed by atoms with Crippen molar-refractivity contribution in [2.45, 2.75) is 58.3 Å². The summed E-state index contributed by atoms with van der Waals surface area (Å²) in [6.45, 7) is 11.6. The fourth-order valence-corrected chi connectivity index (χ4v) is 3.94. The molecule has 0 bridgehead atoms. The fourth-order valence-electron chi connectivity index (χ4n) is 3.94. The fraction of sp³-hybridized carbons (Fsp3) is 0.409. The first-order chi connectivity index (χ1) is 10.7. The molecule has 0 spiro atoms. The largest absolute Gasteiger partial charge is 0.298 e. The lowest BCUT2D eigenvalue weighted by Crippen LogP contribution is -2.34. The Morgan fingerprint density at radius 2 is 1.65 bits per heavy atom. The van der Waals surface area contributed by atoms with Gasteiger partial charge in [0.1, 0.15) is 6.29 Å². The molecule has 0 saturated heterocycles.